The van der Waals surface area contributed by atoms with Crippen molar-refractivity contribution in [2.75, 3.05) is 5.32 Å². The summed E-state index contributed by atoms with van der Waals surface area (Å²) in [5, 5.41) is 3.57. The molecule has 3 aromatic rings. The second-order valence-corrected chi connectivity index (χ2v) is 6.68. The first kappa shape index (κ1) is 13.6. The summed E-state index contributed by atoms with van der Waals surface area (Å²) < 4.78 is 1.14. The van der Waals surface area contributed by atoms with Crippen molar-refractivity contribution in [3.63, 3.8) is 0 Å². The van der Waals surface area contributed by atoms with Crippen molar-refractivity contribution in [1.29, 1.82) is 0 Å². The van der Waals surface area contributed by atoms with Gasteiger partial charge in [-0.1, -0.05) is 70.5 Å². The summed E-state index contributed by atoms with van der Waals surface area (Å²) in [6.07, 6.45) is 0. The average molecular weight is 350 g/mol. The first-order valence-corrected chi connectivity index (χ1v) is 8.21. The molecule has 0 bridgehead atoms. The number of fused-ring (bicyclic) bond motifs is 2. The van der Waals surface area contributed by atoms with E-state index in [4.69, 9.17) is 0 Å². The standard InChI is InChI=1S/C20H16BrN/c1-20(14-8-2-5-11-17(14)21)15-9-3-6-12-18(15)22-19-13-7-4-10-16(19)20/h2-13,22H,1H3. The van der Waals surface area contributed by atoms with Gasteiger partial charge in [-0.3, -0.25) is 0 Å². The smallest absolute Gasteiger partial charge is 0.0475 e. The summed E-state index contributed by atoms with van der Waals surface area (Å²) in [6.45, 7) is 2.31. The number of benzene rings is 3. The van der Waals surface area contributed by atoms with Gasteiger partial charge in [-0.05, 0) is 41.8 Å². The van der Waals surface area contributed by atoms with Gasteiger partial charge >= 0.3 is 0 Å². The van der Waals surface area contributed by atoms with Crippen LogP contribution in [0.15, 0.2) is 77.3 Å². The minimum atomic E-state index is -0.182. The third kappa shape index (κ3) is 1.84. The molecule has 4 rings (SSSR count). The monoisotopic (exact) mass is 349 g/mol. The predicted molar refractivity (Wildman–Crippen MR) is 95.9 cm³/mol. The third-order valence-electron chi connectivity index (χ3n) is 4.61. The fourth-order valence-electron chi connectivity index (χ4n) is 3.50. The van der Waals surface area contributed by atoms with Crippen LogP contribution in [0.3, 0.4) is 0 Å². The van der Waals surface area contributed by atoms with Crippen LogP contribution >= 0.6 is 15.9 Å². The van der Waals surface area contributed by atoms with Gasteiger partial charge in [-0.25, -0.2) is 0 Å². The molecule has 3 aromatic carbocycles. The van der Waals surface area contributed by atoms with Gasteiger partial charge in [0, 0.05) is 21.3 Å². The fourth-order valence-corrected chi connectivity index (χ4v) is 4.18. The first-order chi connectivity index (χ1) is 10.7. The molecule has 0 aromatic heterocycles. The zero-order chi connectivity index (χ0) is 15.2. The summed E-state index contributed by atoms with van der Waals surface area (Å²) in [5.74, 6) is 0. The van der Waals surface area contributed by atoms with Gasteiger partial charge < -0.3 is 5.32 Å². The minimum absolute atomic E-state index is 0.182. The Morgan fingerprint density at radius 2 is 1.14 bits per heavy atom. The molecule has 1 heterocycles. The number of para-hydroxylation sites is 2. The first-order valence-electron chi connectivity index (χ1n) is 7.42. The van der Waals surface area contributed by atoms with Crippen molar-refractivity contribution in [2.24, 2.45) is 0 Å². The summed E-state index contributed by atoms with van der Waals surface area (Å²) >= 11 is 3.75. The lowest BCUT2D eigenvalue weighted by Crippen LogP contribution is -2.31. The zero-order valence-electron chi connectivity index (χ0n) is 12.3. The van der Waals surface area contributed by atoms with Crippen LogP contribution in [0.5, 0.6) is 0 Å². The Morgan fingerprint density at radius 1 is 0.682 bits per heavy atom. The van der Waals surface area contributed by atoms with Crippen LogP contribution in [0.2, 0.25) is 0 Å². The highest BCUT2D eigenvalue weighted by molar-refractivity contribution is 9.10. The van der Waals surface area contributed by atoms with Crippen LogP contribution in [-0.4, -0.2) is 0 Å². The molecule has 0 radical (unpaired) electrons. The van der Waals surface area contributed by atoms with Crippen molar-refractivity contribution in [3.8, 4) is 0 Å². The highest BCUT2D eigenvalue weighted by atomic mass is 79.9. The lowest BCUT2D eigenvalue weighted by molar-refractivity contribution is 0.685. The van der Waals surface area contributed by atoms with Crippen molar-refractivity contribution < 1.29 is 0 Å². The second kappa shape index (κ2) is 4.99. The van der Waals surface area contributed by atoms with Gasteiger partial charge in [0.15, 0.2) is 0 Å². The molecule has 0 fully saturated rings. The summed E-state index contributed by atoms with van der Waals surface area (Å²) in [4.78, 5) is 0. The molecule has 1 N–H and O–H groups in total. The van der Waals surface area contributed by atoms with Gasteiger partial charge in [0.25, 0.3) is 0 Å². The SMILES string of the molecule is CC1(c2ccccc2Br)c2ccccc2Nc2ccccc21. The molecule has 0 amide bonds. The molecule has 1 aliphatic rings. The van der Waals surface area contributed by atoms with Crippen molar-refractivity contribution in [3.05, 3.63) is 94.0 Å². The van der Waals surface area contributed by atoms with Crippen LogP contribution in [0.4, 0.5) is 11.4 Å². The Hall–Kier alpha value is -2.06. The van der Waals surface area contributed by atoms with Crippen LogP contribution in [0.1, 0.15) is 23.6 Å². The molecule has 0 unspecified atom stereocenters. The van der Waals surface area contributed by atoms with Crippen molar-refractivity contribution in [1.82, 2.24) is 0 Å². The molecule has 22 heavy (non-hydrogen) atoms. The Bertz CT molecular complexity index is 790. The number of anilines is 2. The molecular formula is C20H16BrN. The summed E-state index contributed by atoms with van der Waals surface area (Å²) in [5.41, 5.74) is 6.08. The number of hydrogen-bond donors (Lipinski definition) is 1. The normalized spacial score (nSPS) is 14.6. The quantitative estimate of drug-likeness (QED) is 0.580. The Balaban J connectivity index is 2.09. The van der Waals surface area contributed by atoms with Crippen LogP contribution in [-0.2, 0) is 5.41 Å². The molecular weight excluding hydrogens is 334 g/mol. The third-order valence-corrected chi connectivity index (χ3v) is 5.30. The summed E-state index contributed by atoms with van der Waals surface area (Å²) in [6, 6.07) is 25.6. The molecule has 0 aliphatic carbocycles. The van der Waals surface area contributed by atoms with Gasteiger partial charge in [0.1, 0.15) is 0 Å². The Kier molecular flexibility index (Phi) is 3.08. The zero-order valence-corrected chi connectivity index (χ0v) is 13.9. The number of rotatable bonds is 1. The lowest BCUT2D eigenvalue weighted by atomic mass is 9.68. The predicted octanol–water partition coefficient (Wildman–Crippen LogP) is 5.86. The van der Waals surface area contributed by atoms with Crippen molar-refractivity contribution in [2.45, 2.75) is 12.3 Å². The van der Waals surface area contributed by atoms with E-state index in [1.807, 2.05) is 0 Å². The van der Waals surface area contributed by atoms with E-state index in [-0.39, 0.29) is 5.41 Å². The van der Waals surface area contributed by atoms with Gasteiger partial charge in [-0.15, -0.1) is 0 Å². The minimum Gasteiger partial charge on any atom is -0.355 e. The molecule has 0 spiro atoms. The highest BCUT2D eigenvalue weighted by Gasteiger charge is 2.38. The van der Waals surface area contributed by atoms with E-state index in [1.54, 1.807) is 0 Å². The molecule has 0 saturated heterocycles. The second-order valence-electron chi connectivity index (χ2n) is 5.82. The largest absolute Gasteiger partial charge is 0.355 e. The van der Waals surface area contributed by atoms with E-state index in [0.29, 0.717) is 0 Å². The average Bonchev–Trinajstić information content (AvgIpc) is 2.55. The van der Waals surface area contributed by atoms with Crippen molar-refractivity contribution >= 4 is 27.3 Å². The number of hydrogen-bond acceptors (Lipinski definition) is 1. The molecule has 2 heteroatoms. The summed E-state index contributed by atoms with van der Waals surface area (Å²) in [7, 11) is 0. The fraction of sp³-hybridized carbons (Fsp3) is 0.100. The van der Waals surface area contributed by atoms with E-state index in [0.717, 1.165) is 4.47 Å². The maximum atomic E-state index is 3.75. The van der Waals surface area contributed by atoms with Crippen LogP contribution in [0, 0.1) is 0 Å². The van der Waals surface area contributed by atoms with Crippen LogP contribution in [0.25, 0.3) is 0 Å². The van der Waals surface area contributed by atoms with E-state index >= 15 is 0 Å². The maximum Gasteiger partial charge on any atom is 0.0475 e. The van der Waals surface area contributed by atoms with E-state index in [2.05, 4.69) is 101 Å². The van der Waals surface area contributed by atoms with E-state index < -0.39 is 0 Å². The van der Waals surface area contributed by atoms with Gasteiger partial charge in [0.2, 0.25) is 0 Å². The molecule has 1 aliphatic heterocycles. The molecule has 108 valence electrons. The number of nitrogens with one attached hydrogen (secondary N) is 1. The molecule has 0 saturated carbocycles. The Morgan fingerprint density at radius 3 is 1.68 bits per heavy atom. The highest BCUT2D eigenvalue weighted by Crippen LogP contribution is 2.50. The molecule has 0 atom stereocenters. The Labute approximate surface area is 139 Å². The molecule has 1 nitrogen and oxygen atoms in total. The van der Waals surface area contributed by atoms with Gasteiger partial charge in [0.05, 0.1) is 0 Å². The van der Waals surface area contributed by atoms with Gasteiger partial charge in [-0.2, -0.15) is 0 Å². The van der Waals surface area contributed by atoms with Crippen LogP contribution < -0.4 is 5.32 Å². The maximum absolute atomic E-state index is 3.75. The topological polar surface area (TPSA) is 12.0 Å². The van der Waals surface area contributed by atoms with E-state index in [9.17, 15) is 0 Å². The number of halogens is 1. The van der Waals surface area contributed by atoms with E-state index in [1.165, 1.54) is 28.1 Å². The lowest BCUT2D eigenvalue weighted by Gasteiger charge is -2.39.